The van der Waals surface area contributed by atoms with Crippen molar-refractivity contribution in [3.05, 3.63) is 48.0 Å². The lowest BCUT2D eigenvalue weighted by Gasteiger charge is -2.33. The normalized spacial score (nSPS) is 18.3. The van der Waals surface area contributed by atoms with E-state index in [9.17, 15) is 9.59 Å². The van der Waals surface area contributed by atoms with Crippen LogP contribution in [-0.2, 0) is 9.59 Å². The largest absolute Gasteiger partial charge is 0.479 e. The van der Waals surface area contributed by atoms with Crippen molar-refractivity contribution in [3.8, 4) is 27.7 Å². The fraction of sp³-hybridized carbons (Fsp3) is 0.333. The Kier molecular flexibility index (Phi) is 5.61. The van der Waals surface area contributed by atoms with Crippen molar-refractivity contribution >= 4 is 28.8 Å². The van der Waals surface area contributed by atoms with Crippen molar-refractivity contribution in [3.63, 3.8) is 0 Å². The van der Waals surface area contributed by atoms with Crippen LogP contribution in [0.1, 0.15) is 32.6 Å². The maximum Gasteiger partial charge on any atom is 0.268 e. The van der Waals surface area contributed by atoms with Crippen LogP contribution in [0.3, 0.4) is 0 Å². The lowest BCUT2D eigenvalue weighted by atomic mass is 10.1. The third kappa shape index (κ3) is 4.10. The highest BCUT2D eigenvalue weighted by Gasteiger charge is 2.33. The van der Waals surface area contributed by atoms with E-state index in [1.165, 1.54) is 16.2 Å². The molecule has 1 unspecified atom stereocenters. The maximum atomic E-state index is 12.9. The summed E-state index contributed by atoms with van der Waals surface area (Å²) in [6.45, 7) is 1.69. The first-order valence-corrected chi connectivity index (χ1v) is 11.8. The van der Waals surface area contributed by atoms with Crippen LogP contribution in [0, 0.1) is 0 Å². The maximum absolute atomic E-state index is 12.9. The standard InChI is InChI=1S/C24H24N4O3S/c1-15-24(30)28(13-22(29)26-17-6-2-3-7-17)20-12-16(9-10-21(20)31-15)19-14-32-23(27-19)18-8-4-5-11-25-18/h4-5,8-12,14-15,17H,2-3,6-7,13H2,1H3,(H,26,29). The second-order valence-electron chi connectivity index (χ2n) is 8.17. The summed E-state index contributed by atoms with van der Waals surface area (Å²) in [5.41, 5.74) is 3.06. The number of aromatic nitrogens is 2. The number of pyridine rings is 1. The highest BCUT2D eigenvalue weighted by molar-refractivity contribution is 7.13. The number of amides is 2. The van der Waals surface area contributed by atoms with Crippen molar-refractivity contribution in [2.24, 2.45) is 0 Å². The van der Waals surface area contributed by atoms with E-state index in [4.69, 9.17) is 9.72 Å². The Balaban J connectivity index is 1.42. The second-order valence-corrected chi connectivity index (χ2v) is 9.03. The van der Waals surface area contributed by atoms with Crippen LogP contribution in [-0.4, -0.2) is 40.5 Å². The molecule has 0 spiro atoms. The zero-order chi connectivity index (χ0) is 22.1. The molecule has 7 nitrogen and oxygen atoms in total. The lowest BCUT2D eigenvalue weighted by molar-refractivity contribution is -0.128. The van der Waals surface area contributed by atoms with Crippen LogP contribution >= 0.6 is 11.3 Å². The number of carbonyl (C=O) groups is 2. The molecule has 2 amide bonds. The molecule has 0 bridgehead atoms. The van der Waals surface area contributed by atoms with E-state index >= 15 is 0 Å². The minimum Gasteiger partial charge on any atom is -0.479 e. The van der Waals surface area contributed by atoms with Crippen molar-refractivity contribution in [1.29, 1.82) is 0 Å². The molecular formula is C24H24N4O3S. The topological polar surface area (TPSA) is 84.4 Å². The number of anilines is 1. The predicted molar refractivity (Wildman–Crippen MR) is 124 cm³/mol. The molecule has 8 heteroatoms. The Morgan fingerprint density at radius 3 is 2.84 bits per heavy atom. The first kappa shape index (κ1) is 20.6. The summed E-state index contributed by atoms with van der Waals surface area (Å²) < 4.78 is 5.80. The van der Waals surface area contributed by atoms with Crippen LogP contribution in [0.15, 0.2) is 48.0 Å². The third-order valence-electron chi connectivity index (χ3n) is 5.87. The van der Waals surface area contributed by atoms with Gasteiger partial charge in [0.25, 0.3) is 5.91 Å². The van der Waals surface area contributed by atoms with E-state index in [0.29, 0.717) is 11.4 Å². The van der Waals surface area contributed by atoms with E-state index in [2.05, 4.69) is 10.3 Å². The summed E-state index contributed by atoms with van der Waals surface area (Å²) in [5.74, 6) is 0.236. The Labute approximate surface area is 190 Å². The quantitative estimate of drug-likeness (QED) is 0.637. The number of nitrogens with one attached hydrogen (secondary N) is 1. The van der Waals surface area contributed by atoms with E-state index in [-0.39, 0.29) is 24.4 Å². The second kappa shape index (κ2) is 8.70. The molecule has 1 atom stereocenters. The minimum absolute atomic E-state index is 0.0181. The van der Waals surface area contributed by atoms with Gasteiger partial charge in [-0.1, -0.05) is 18.9 Å². The monoisotopic (exact) mass is 448 g/mol. The van der Waals surface area contributed by atoms with Crippen molar-refractivity contribution < 1.29 is 14.3 Å². The summed E-state index contributed by atoms with van der Waals surface area (Å²) in [5, 5.41) is 5.86. The summed E-state index contributed by atoms with van der Waals surface area (Å²) in [7, 11) is 0. The van der Waals surface area contributed by atoms with E-state index in [1.54, 1.807) is 13.1 Å². The molecule has 1 N–H and O–H groups in total. The van der Waals surface area contributed by atoms with Crippen LogP contribution in [0.25, 0.3) is 22.0 Å². The molecular weight excluding hydrogens is 424 g/mol. The van der Waals surface area contributed by atoms with Gasteiger partial charge in [-0.2, -0.15) is 0 Å². The van der Waals surface area contributed by atoms with Gasteiger partial charge in [0.1, 0.15) is 17.3 Å². The van der Waals surface area contributed by atoms with Gasteiger partial charge in [-0.3, -0.25) is 19.5 Å². The highest BCUT2D eigenvalue weighted by Crippen LogP contribution is 2.38. The lowest BCUT2D eigenvalue weighted by Crippen LogP contribution is -2.49. The molecule has 0 saturated heterocycles. The highest BCUT2D eigenvalue weighted by atomic mass is 32.1. The fourth-order valence-electron chi connectivity index (χ4n) is 4.23. The molecule has 2 aliphatic rings. The average Bonchev–Trinajstić information content (AvgIpc) is 3.50. The third-order valence-corrected chi connectivity index (χ3v) is 6.74. The Morgan fingerprint density at radius 2 is 2.06 bits per heavy atom. The molecule has 0 radical (unpaired) electrons. The van der Waals surface area contributed by atoms with E-state index < -0.39 is 6.10 Å². The van der Waals surface area contributed by atoms with E-state index in [1.807, 2.05) is 41.8 Å². The van der Waals surface area contributed by atoms with Crippen LogP contribution in [0.5, 0.6) is 5.75 Å². The van der Waals surface area contributed by atoms with Crippen LogP contribution < -0.4 is 15.0 Å². The SMILES string of the molecule is CC1Oc2ccc(-c3csc(-c4ccccn4)n3)cc2N(CC(=O)NC2CCCC2)C1=O. The Bertz CT molecular complexity index is 1140. The smallest absolute Gasteiger partial charge is 0.268 e. The van der Waals surface area contributed by atoms with Crippen LogP contribution in [0.4, 0.5) is 5.69 Å². The summed E-state index contributed by atoms with van der Waals surface area (Å²) >= 11 is 1.52. The van der Waals surface area contributed by atoms with Gasteiger partial charge in [-0.15, -0.1) is 11.3 Å². The molecule has 1 aliphatic heterocycles. The minimum atomic E-state index is -0.636. The van der Waals surface area contributed by atoms with Crippen molar-refractivity contribution in [1.82, 2.24) is 15.3 Å². The molecule has 164 valence electrons. The molecule has 2 aromatic heterocycles. The number of ether oxygens (including phenoxy) is 1. The Hall–Kier alpha value is -3.26. The molecule has 32 heavy (non-hydrogen) atoms. The number of hydrogen-bond acceptors (Lipinski definition) is 6. The zero-order valence-corrected chi connectivity index (χ0v) is 18.6. The van der Waals surface area contributed by atoms with Gasteiger partial charge in [-0.05, 0) is 50.1 Å². The summed E-state index contributed by atoms with van der Waals surface area (Å²) in [4.78, 5) is 36.2. The van der Waals surface area contributed by atoms with Gasteiger partial charge in [0.15, 0.2) is 6.10 Å². The number of carbonyl (C=O) groups excluding carboxylic acids is 2. The number of rotatable bonds is 5. The number of thiazole rings is 1. The van der Waals surface area contributed by atoms with Gasteiger partial charge in [0.2, 0.25) is 5.91 Å². The Morgan fingerprint density at radius 1 is 1.22 bits per heavy atom. The van der Waals surface area contributed by atoms with Crippen LogP contribution in [0.2, 0.25) is 0 Å². The number of fused-ring (bicyclic) bond motifs is 1. The number of benzene rings is 1. The molecule has 1 fully saturated rings. The van der Waals surface area contributed by atoms with Gasteiger partial charge in [0, 0.05) is 23.2 Å². The van der Waals surface area contributed by atoms with Gasteiger partial charge in [-0.25, -0.2) is 4.98 Å². The van der Waals surface area contributed by atoms with Crippen molar-refractivity contribution in [2.75, 3.05) is 11.4 Å². The average molecular weight is 449 g/mol. The molecule has 3 aromatic rings. The molecule has 1 saturated carbocycles. The molecule has 1 aromatic carbocycles. The fourth-order valence-corrected chi connectivity index (χ4v) is 5.03. The number of hydrogen-bond donors (Lipinski definition) is 1. The van der Waals surface area contributed by atoms with Gasteiger partial charge >= 0.3 is 0 Å². The zero-order valence-electron chi connectivity index (χ0n) is 17.8. The molecule has 3 heterocycles. The van der Waals surface area contributed by atoms with Gasteiger partial charge in [0.05, 0.1) is 17.1 Å². The number of nitrogens with zero attached hydrogens (tertiary/aromatic N) is 3. The molecule has 1 aliphatic carbocycles. The first-order valence-electron chi connectivity index (χ1n) is 10.9. The van der Waals surface area contributed by atoms with Gasteiger partial charge < -0.3 is 10.1 Å². The van der Waals surface area contributed by atoms with Crippen molar-refractivity contribution in [2.45, 2.75) is 44.8 Å². The van der Waals surface area contributed by atoms with E-state index in [0.717, 1.165) is 47.6 Å². The predicted octanol–water partition coefficient (Wildman–Crippen LogP) is 4.04. The summed E-state index contributed by atoms with van der Waals surface area (Å²) in [6.07, 6.45) is 5.39. The summed E-state index contributed by atoms with van der Waals surface area (Å²) in [6, 6.07) is 11.6. The molecule has 5 rings (SSSR count). The first-order chi connectivity index (χ1) is 15.6.